The summed E-state index contributed by atoms with van der Waals surface area (Å²) in [5.74, 6) is -0.824. The smallest absolute Gasteiger partial charge is 0.407 e. The topological polar surface area (TPSA) is 105 Å². The van der Waals surface area contributed by atoms with E-state index < -0.39 is 18.1 Å². The van der Waals surface area contributed by atoms with E-state index in [1.54, 1.807) is 6.92 Å². The lowest BCUT2D eigenvalue weighted by Crippen LogP contribution is -2.49. The van der Waals surface area contributed by atoms with E-state index in [0.717, 1.165) is 35.1 Å². The van der Waals surface area contributed by atoms with Crippen LogP contribution in [0.1, 0.15) is 56.1 Å². The number of aliphatic carboxylic acids is 1. The van der Waals surface area contributed by atoms with Crippen molar-refractivity contribution in [2.45, 2.75) is 57.0 Å². The number of carbonyl (C=O) groups is 3. The van der Waals surface area contributed by atoms with Gasteiger partial charge in [0.2, 0.25) is 5.91 Å². The van der Waals surface area contributed by atoms with Crippen LogP contribution in [0.4, 0.5) is 4.79 Å². The Morgan fingerprint density at radius 1 is 1.00 bits per heavy atom. The molecule has 2 atom stereocenters. The predicted octanol–water partition coefficient (Wildman–Crippen LogP) is 4.06. The number of carbonyl (C=O) groups excluding carboxylic acids is 2. The van der Waals surface area contributed by atoms with Gasteiger partial charge < -0.3 is 20.5 Å². The summed E-state index contributed by atoms with van der Waals surface area (Å²) >= 11 is 0. The number of hydrogen-bond acceptors (Lipinski definition) is 4. The van der Waals surface area contributed by atoms with Gasteiger partial charge in [-0.25, -0.2) is 4.79 Å². The van der Waals surface area contributed by atoms with Crippen LogP contribution in [0.5, 0.6) is 0 Å². The van der Waals surface area contributed by atoms with Gasteiger partial charge >= 0.3 is 12.1 Å². The van der Waals surface area contributed by atoms with Crippen LogP contribution in [0.3, 0.4) is 0 Å². The van der Waals surface area contributed by atoms with Crippen molar-refractivity contribution in [3.8, 4) is 11.1 Å². The fraction of sp³-hybridized carbons (Fsp3) is 0.423. The van der Waals surface area contributed by atoms with Crippen LogP contribution in [-0.4, -0.2) is 41.8 Å². The number of hydrogen-bond donors (Lipinski definition) is 3. The van der Waals surface area contributed by atoms with Crippen molar-refractivity contribution in [1.29, 1.82) is 0 Å². The van der Waals surface area contributed by atoms with Crippen molar-refractivity contribution < 1.29 is 24.2 Å². The van der Waals surface area contributed by atoms with Gasteiger partial charge in [-0.05, 0) is 47.9 Å². The van der Waals surface area contributed by atoms with Gasteiger partial charge in [-0.1, -0.05) is 61.4 Å². The van der Waals surface area contributed by atoms with Gasteiger partial charge in [0, 0.05) is 18.4 Å². The van der Waals surface area contributed by atoms with Crippen LogP contribution in [0, 0.1) is 5.92 Å². The van der Waals surface area contributed by atoms with E-state index in [4.69, 9.17) is 9.84 Å². The Kier molecular flexibility index (Phi) is 6.96. The molecule has 2 unspecified atom stereocenters. The van der Waals surface area contributed by atoms with Crippen LogP contribution in [-0.2, 0) is 14.3 Å². The van der Waals surface area contributed by atoms with Gasteiger partial charge in [0.15, 0.2) is 0 Å². The lowest BCUT2D eigenvalue weighted by Gasteiger charge is -2.22. The van der Waals surface area contributed by atoms with E-state index in [-0.39, 0.29) is 30.9 Å². The Morgan fingerprint density at radius 3 is 2.18 bits per heavy atom. The van der Waals surface area contributed by atoms with E-state index in [1.807, 2.05) is 24.3 Å². The van der Waals surface area contributed by atoms with Crippen molar-refractivity contribution >= 4 is 18.0 Å². The summed E-state index contributed by atoms with van der Waals surface area (Å²) in [6, 6.07) is 15.3. The summed E-state index contributed by atoms with van der Waals surface area (Å²) in [5.41, 5.74) is 4.57. The highest BCUT2D eigenvalue weighted by Gasteiger charge is 2.32. The first-order valence-electron chi connectivity index (χ1n) is 11.6. The van der Waals surface area contributed by atoms with Gasteiger partial charge in [-0.15, -0.1) is 0 Å². The zero-order valence-electron chi connectivity index (χ0n) is 18.8. The standard InChI is InChI=1S/C26H30N2O5/c1-16(10-13-24(29)30)27-25(31)23(14-17-11-12-17)28-26(32)33-15-22-20-8-4-2-6-18(20)19-7-3-5-9-21(19)22/h2-9,16-17,22-23H,10-15H2,1H3,(H,27,31)(H,28,32)(H,29,30). The zero-order chi connectivity index (χ0) is 23.4. The summed E-state index contributed by atoms with van der Waals surface area (Å²) in [7, 11) is 0. The number of carboxylic acids is 1. The average Bonchev–Trinajstić information content (AvgIpc) is 3.56. The van der Waals surface area contributed by atoms with Crippen molar-refractivity contribution in [3.63, 3.8) is 0 Å². The van der Waals surface area contributed by atoms with Gasteiger partial charge in [-0.3, -0.25) is 9.59 Å². The fourth-order valence-electron chi connectivity index (χ4n) is 4.46. The second-order valence-electron chi connectivity index (χ2n) is 9.04. The molecule has 2 amide bonds. The molecule has 7 nitrogen and oxygen atoms in total. The van der Waals surface area contributed by atoms with E-state index in [2.05, 4.69) is 34.9 Å². The van der Waals surface area contributed by atoms with Gasteiger partial charge in [0.1, 0.15) is 12.6 Å². The molecular weight excluding hydrogens is 420 g/mol. The highest BCUT2D eigenvalue weighted by molar-refractivity contribution is 5.86. The molecule has 3 N–H and O–H groups in total. The maximum Gasteiger partial charge on any atom is 0.407 e. The number of alkyl carbamates (subject to hydrolysis) is 1. The van der Waals surface area contributed by atoms with E-state index in [0.29, 0.717) is 18.8 Å². The molecule has 0 bridgehead atoms. The third kappa shape index (κ3) is 5.72. The predicted molar refractivity (Wildman–Crippen MR) is 124 cm³/mol. The molecule has 4 rings (SSSR count). The van der Waals surface area contributed by atoms with Crippen LogP contribution in [0.15, 0.2) is 48.5 Å². The summed E-state index contributed by atoms with van der Waals surface area (Å²) in [6.07, 6.45) is 2.35. The lowest BCUT2D eigenvalue weighted by atomic mass is 9.98. The molecule has 0 heterocycles. The third-order valence-electron chi connectivity index (χ3n) is 6.40. The minimum atomic E-state index is -0.901. The number of carboxylic acid groups (broad SMARTS) is 1. The van der Waals surface area contributed by atoms with Crippen molar-refractivity contribution in [2.75, 3.05) is 6.61 Å². The molecule has 1 fully saturated rings. The minimum Gasteiger partial charge on any atom is -0.481 e. The average molecular weight is 451 g/mol. The summed E-state index contributed by atoms with van der Waals surface area (Å²) in [5, 5.41) is 14.4. The monoisotopic (exact) mass is 450 g/mol. The molecule has 0 aliphatic heterocycles. The maximum absolute atomic E-state index is 12.8. The molecule has 0 radical (unpaired) electrons. The molecule has 33 heavy (non-hydrogen) atoms. The quantitative estimate of drug-likeness (QED) is 0.506. The zero-order valence-corrected chi connectivity index (χ0v) is 18.8. The largest absolute Gasteiger partial charge is 0.481 e. The summed E-state index contributed by atoms with van der Waals surface area (Å²) in [6.45, 7) is 1.95. The number of fused-ring (bicyclic) bond motifs is 3. The van der Waals surface area contributed by atoms with Crippen molar-refractivity contribution in [3.05, 3.63) is 59.7 Å². The molecule has 2 aromatic rings. The second-order valence-corrected chi connectivity index (χ2v) is 9.04. The summed E-state index contributed by atoms with van der Waals surface area (Å²) < 4.78 is 5.60. The first-order valence-corrected chi connectivity index (χ1v) is 11.6. The number of amides is 2. The number of benzene rings is 2. The Bertz CT molecular complexity index is 987. The molecule has 0 aromatic heterocycles. The maximum atomic E-state index is 12.8. The van der Waals surface area contributed by atoms with E-state index in [9.17, 15) is 14.4 Å². The first-order chi connectivity index (χ1) is 15.9. The molecule has 0 spiro atoms. The van der Waals surface area contributed by atoms with Crippen molar-refractivity contribution in [2.24, 2.45) is 5.92 Å². The molecule has 2 aliphatic carbocycles. The molecule has 2 aromatic carbocycles. The van der Waals surface area contributed by atoms with Crippen LogP contribution in [0.25, 0.3) is 11.1 Å². The molecule has 174 valence electrons. The highest BCUT2D eigenvalue weighted by Crippen LogP contribution is 2.44. The Hall–Kier alpha value is -3.35. The van der Waals surface area contributed by atoms with Crippen LogP contribution < -0.4 is 10.6 Å². The fourth-order valence-corrected chi connectivity index (χ4v) is 4.46. The highest BCUT2D eigenvalue weighted by atomic mass is 16.5. The number of nitrogens with one attached hydrogen (secondary N) is 2. The second kappa shape index (κ2) is 10.1. The lowest BCUT2D eigenvalue weighted by molar-refractivity contribution is -0.137. The van der Waals surface area contributed by atoms with Crippen molar-refractivity contribution in [1.82, 2.24) is 10.6 Å². The third-order valence-corrected chi connectivity index (χ3v) is 6.40. The number of rotatable bonds is 10. The molecule has 1 saturated carbocycles. The van der Waals surface area contributed by atoms with E-state index in [1.165, 1.54) is 0 Å². The van der Waals surface area contributed by atoms with Crippen LogP contribution in [0.2, 0.25) is 0 Å². The molecular formula is C26H30N2O5. The number of ether oxygens (including phenoxy) is 1. The first kappa shape index (κ1) is 22.8. The molecule has 7 heteroatoms. The minimum absolute atomic E-state index is 0.0193. The van der Waals surface area contributed by atoms with Gasteiger partial charge in [0.25, 0.3) is 0 Å². The Morgan fingerprint density at radius 2 is 1.61 bits per heavy atom. The SMILES string of the molecule is CC(CCC(=O)O)NC(=O)C(CC1CC1)NC(=O)OCC1c2ccccc2-c2ccccc21. The normalized spacial score (nSPS) is 16.3. The van der Waals surface area contributed by atoms with Gasteiger partial charge in [-0.2, -0.15) is 0 Å². The molecule has 0 saturated heterocycles. The molecule has 2 aliphatic rings. The van der Waals surface area contributed by atoms with Crippen LogP contribution >= 0.6 is 0 Å². The Labute approximate surface area is 193 Å². The Balaban J connectivity index is 1.36. The summed E-state index contributed by atoms with van der Waals surface area (Å²) in [4.78, 5) is 36.2. The van der Waals surface area contributed by atoms with Gasteiger partial charge in [0.05, 0.1) is 0 Å². The van der Waals surface area contributed by atoms with E-state index >= 15 is 0 Å².